The van der Waals surface area contributed by atoms with E-state index in [9.17, 15) is 0 Å². The minimum atomic E-state index is 0.112. The first-order chi connectivity index (χ1) is 10.3. The van der Waals surface area contributed by atoms with Gasteiger partial charge in [0.2, 0.25) is 0 Å². The molecule has 0 radical (unpaired) electrons. The van der Waals surface area contributed by atoms with Crippen LogP contribution in [-0.4, -0.2) is 42.5 Å². The van der Waals surface area contributed by atoms with Crippen molar-refractivity contribution in [3.05, 3.63) is 30.1 Å². The van der Waals surface area contributed by atoms with E-state index in [0.29, 0.717) is 18.3 Å². The highest BCUT2D eigenvalue weighted by atomic mass is 16.5. The van der Waals surface area contributed by atoms with Crippen molar-refractivity contribution in [3.63, 3.8) is 0 Å². The van der Waals surface area contributed by atoms with Crippen LogP contribution < -0.4 is 10.1 Å². The molecule has 1 fully saturated rings. The van der Waals surface area contributed by atoms with E-state index >= 15 is 0 Å². The van der Waals surface area contributed by atoms with Crippen LogP contribution in [0, 0.1) is 0 Å². The first-order valence-corrected chi connectivity index (χ1v) is 7.23. The summed E-state index contributed by atoms with van der Waals surface area (Å²) in [6, 6.07) is 7.65. The lowest BCUT2D eigenvalue weighted by Crippen LogP contribution is -2.41. The lowest BCUT2D eigenvalue weighted by molar-refractivity contribution is 0.000197. The highest BCUT2D eigenvalue weighted by Crippen LogP contribution is 2.21. The third-order valence-corrected chi connectivity index (χ3v) is 3.33. The Morgan fingerprint density at radius 3 is 2.86 bits per heavy atom. The molecule has 0 saturated carbocycles. The van der Waals surface area contributed by atoms with Crippen molar-refractivity contribution in [2.45, 2.75) is 19.4 Å². The van der Waals surface area contributed by atoms with Gasteiger partial charge in [-0.2, -0.15) is 4.98 Å². The maximum atomic E-state index is 5.73. The predicted octanol–water partition coefficient (Wildman–Crippen LogP) is 1.67. The van der Waals surface area contributed by atoms with Gasteiger partial charge in [0.25, 0.3) is 5.89 Å². The number of nitrogens with one attached hydrogen (secondary N) is 1. The van der Waals surface area contributed by atoms with Gasteiger partial charge in [-0.1, -0.05) is 12.1 Å². The fourth-order valence-corrected chi connectivity index (χ4v) is 2.12. The fraction of sp³-hybridized carbons (Fsp3) is 0.467. The lowest BCUT2D eigenvalue weighted by atomic mass is 10.2. The van der Waals surface area contributed by atoms with E-state index in [-0.39, 0.29) is 6.10 Å². The van der Waals surface area contributed by atoms with E-state index in [0.717, 1.165) is 37.4 Å². The molecule has 0 spiro atoms. The molecule has 112 valence electrons. The van der Waals surface area contributed by atoms with Gasteiger partial charge in [0.1, 0.15) is 18.5 Å². The van der Waals surface area contributed by atoms with Crippen molar-refractivity contribution < 1.29 is 14.0 Å². The molecule has 1 saturated heterocycles. The number of hydrogen-bond acceptors (Lipinski definition) is 6. The van der Waals surface area contributed by atoms with Gasteiger partial charge in [-0.15, -0.1) is 0 Å². The fourth-order valence-electron chi connectivity index (χ4n) is 2.12. The van der Waals surface area contributed by atoms with Crippen molar-refractivity contribution >= 4 is 0 Å². The Balaban J connectivity index is 1.58. The van der Waals surface area contributed by atoms with E-state index in [1.165, 1.54) is 0 Å². The molecule has 21 heavy (non-hydrogen) atoms. The lowest BCUT2D eigenvalue weighted by Gasteiger charge is -2.23. The van der Waals surface area contributed by atoms with Crippen molar-refractivity contribution in [1.29, 1.82) is 0 Å². The first kappa shape index (κ1) is 14.0. The van der Waals surface area contributed by atoms with Crippen LogP contribution >= 0.6 is 0 Å². The van der Waals surface area contributed by atoms with Crippen LogP contribution in [0.1, 0.15) is 12.7 Å². The van der Waals surface area contributed by atoms with Crippen LogP contribution in [0.5, 0.6) is 5.75 Å². The quantitative estimate of drug-likeness (QED) is 0.903. The molecular formula is C15H19N3O3. The highest BCUT2D eigenvalue weighted by Gasteiger charge is 2.14. The Labute approximate surface area is 123 Å². The van der Waals surface area contributed by atoms with Crippen LogP contribution in [-0.2, 0) is 11.2 Å². The molecule has 1 unspecified atom stereocenters. The predicted molar refractivity (Wildman–Crippen MR) is 77.2 cm³/mol. The Morgan fingerprint density at radius 1 is 1.33 bits per heavy atom. The molecular weight excluding hydrogens is 270 g/mol. The summed E-state index contributed by atoms with van der Waals surface area (Å²) < 4.78 is 16.5. The number of benzene rings is 1. The van der Waals surface area contributed by atoms with Gasteiger partial charge in [0.05, 0.1) is 6.61 Å². The second-order valence-electron chi connectivity index (χ2n) is 4.90. The molecule has 1 N–H and O–H groups in total. The smallest absolute Gasteiger partial charge is 0.257 e. The Morgan fingerprint density at radius 2 is 2.19 bits per heavy atom. The maximum Gasteiger partial charge on any atom is 0.257 e. The molecule has 1 aromatic heterocycles. The van der Waals surface area contributed by atoms with E-state index in [2.05, 4.69) is 15.5 Å². The summed E-state index contributed by atoms with van der Waals surface area (Å²) in [5.41, 5.74) is 0.894. The molecule has 1 aliphatic heterocycles. The number of aromatic nitrogens is 2. The third kappa shape index (κ3) is 3.59. The average Bonchev–Trinajstić information content (AvgIpc) is 3.03. The molecule has 1 aliphatic rings. The summed E-state index contributed by atoms with van der Waals surface area (Å²) in [5, 5.41) is 7.17. The van der Waals surface area contributed by atoms with Crippen molar-refractivity contribution in [2.24, 2.45) is 0 Å². The van der Waals surface area contributed by atoms with Crippen LogP contribution in [0.25, 0.3) is 11.5 Å². The van der Waals surface area contributed by atoms with Crippen LogP contribution in [0.15, 0.2) is 28.8 Å². The van der Waals surface area contributed by atoms with Crippen LogP contribution in [0.3, 0.4) is 0 Å². The molecule has 0 amide bonds. The van der Waals surface area contributed by atoms with Gasteiger partial charge in [-0.3, -0.25) is 0 Å². The van der Waals surface area contributed by atoms with E-state index < -0.39 is 0 Å². The Kier molecular flexibility index (Phi) is 4.47. The summed E-state index contributed by atoms with van der Waals surface area (Å²) in [4.78, 5) is 4.30. The molecule has 1 aromatic carbocycles. The van der Waals surface area contributed by atoms with Gasteiger partial charge in [-0.25, -0.2) is 0 Å². The number of aryl methyl sites for hydroxylation is 1. The molecule has 2 aromatic rings. The largest absolute Gasteiger partial charge is 0.491 e. The Bertz CT molecular complexity index is 562. The number of rotatable bonds is 5. The molecule has 6 heteroatoms. The molecule has 3 rings (SSSR count). The molecule has 0 bridgehead atoms. The summed E-state index contributed by atoms with van der Waals surface area (Å²) in [6.45, 7) is 5.03. The second-order valence-corrected chi connectivity index (χ2v) is 4.90. The molecule has 2 heterocycles. The summed E-state index contributed by atoms with van der Waals surface area (Å²) in [5.74, 6) is 2.06. The first-order valence-electron chi connectivity index (χ1n) is 7.23. The van der Waals surface area contributed by atoms with Gasteiger partial charge in [0.15, 0.2) is 5.82 Å². The maximum absolute atomic E-state index is 5.73. The van der Waals surface area contributed by atoms with Crippen molar-refractivity contribution in [3.8, 4) is 17.2 Å². The van der Waals surface area contributed by atoms with Gasteiger partial charge in [0, 0.05) is 25.1 Å². The zero-order chi connectivity index (χ0) is 14.5. The van der Waals surface area contributed by atoms with E-state index in [1.54, 1.807) is 0 Å². The van der Waals surface area contributed by atoms with Gasteiger partial charge >= 0.3 is 0 Å². The minimum absolute atomic E-state index is 0.112. The average molecular weight is 289 g/mol. The standard InChI is InChI=1S/C15H19N3O3/c1-2-14-17-15(21-18-14)11-3-5-12(6-4-11)20-10-13-9-16-7-8-19-13/h3-6,13,16H,2,7-10H2,1H3. The number of morpholine rings is 1. The summed E-state index contributed by atoms with van der Waals surface area (Å²) >= 11 is 0. The number of hydrogen-bond donors (Lipinski definition) is 1. The monoisotopic (exact) mass is 289 g/mol. The zero-order valence-electron chi connectivity index (χ0n) is 12.0. The molecule has 6 nitrogen and oxygen atoms in total. The van der Waals surface area contributed by atoms with E-state index in [1.807, 2.05) is 31.2 Å². The van der Waals surface area contributed by atoms with E-state index in [4.69, 9.17) is 14.0 Å². The van der Waals surface area contributed by atoms with Gasteiger partial charge in [-0.05, 0) is 24.3 Å². The number of ether oxygens (including phenoxy) is 2. The SMILES string of the molecule is CCc1noc(-c2ccc(OCC3CNCCO3)cc2)n1. The van der Waals surface area contributed by atoms with Gasteiger partial charge < -0.3 is 19.3 Å². The highest BCUT2D eigenvalue weighted by molar-refractivity contribution is 5.54. The molecule has 0 aliphatic carbocycles. The second kappa shape index (κ2) is 6.69. The normalized spacial score (nSPS) is 18.6. The summed E-state index contributed by atoms with van der Waals surface area (Å²) in [6.07, 6.45) is 0.876. The Hall–Kier alpha value is -1.92. The van der Waals surface area contributed by atoms with Crippen LogP contribution in [0.4, 0.5) is 0 Å². The van der Waals surface area contributed by atoms with Crippen molar-refractivity contribution in [2.75, 3.05) is 26.3 Å². The van der Waals surface area contributed by atoms with Crippen molar-refractivity contribution in [1.82, 2.24) is 15.5 Å². The van der Waals surface area contributed by atoms with Crippen LogP contribution in [0.2, 0.25) is 0 Å². The third-order valence-electron chi connectivity index (χ3n) is 3.33. The minimum Gasteiger partial charge on any atom is -0.491 e. The number of nitrogens with zero attached hydrogens (tertiary/aromatic N) is 2. The zero-order valence-corrected chi connectivity index (χ0v) is 12.0. The topological polar surface area (TPSA) is 69.4 Å². The summed E-state index contributed by atoms with van der Waals surface area (Å²) in [7, 11) is 0. The molecule has 1 atom stereocenters.